The van der Waals surface area contributed by atoms with E-state index in [2.05, 4.69) is 10.1 Å². The molecular weight excluding hydrogens is 218 g/mol. The van der Waals surface area contributed by atoms with Gasteiger partial charge < -0.3 is 4.74 Å². The van der Waals surface area contributed by atoms with Crippen LogP contribution >= 0.6 is 11.6 Å². The Balaban J connectivity index is 2.57. The Hall–Kier alpha value is -1.62. The van der Waals surface area contributed by atoms with Crippen molar-refractivity contribution in [1.29, 1.82) is 0 Å². The summed E-state index contributed by atoms with van der Waals surface area (Å²) >= 11 is 5.67. The normalized spacial score (nSPS) is 10.5. The van der Waals surface area contributed by atoms with Gasteiger partial charge in [-0.15, -0.1) is 5.10 Å². The van der Waals surface area contributed by atoms with Gasteiger partial charge in [0.25, 0.3) is 0 Å². The van der Waals surface area contributed by atoms with Crippen molar-refractivity contribution in [2.24, 2.45) is 0 Å². The van der Waals surface area contributed by atoms with Crippen molar-refractivity contribution in [3.05, 3.63) is 29.3 Å². The second kappa shape index (κ2) is 3.86. The third-order valence-corrected chi connectivity index (χ3v) is 1.99. The van der Waals surface area contributed by atoms with Crippen molar-refractivity contribution in [2.45, 2.75) is 6.92 Å². The maximum atomic E-state index is 11.5. The first-order valence-electron chi connectivity index (χ1n) is 4.40. The summed E-state index contributed by atoms with van der Waals surface area (Å²) in [7, 11) is 0. The lowest BCUT2D eigenvalue weighted by atomic mass is 10.3. The minimum Gasteiger partial charge on any atom is -0.461 e. The van der Waals surface area contributed by atoms with Gasteiger partial charge in [0.05, 0.1) is 12.1 Å². The first kappa shape index (κ1) is 9.92. The number of fused-ring (bicyclic) bond motifs is 1. The molecule has 5 nitrogen and oxygen atoms in total. The highest BCUT2D eigenvalue weighted by Crippen LogP contribution is 2.12. The molecule has 0 radical (unpaired) electrons. The monoisotopic (exact) mass is 225 g/mol. The molecule has 0 N–H and O–H groups in total. The summed E-state index contributed by atoms with van der Waals surface area (Å²) < 4.78 is 6.35. The van der Waals surface area contributed by atoms with Crippen molar-refractivity contribution < 1.29 is 9.53 Å². The summed E-state index contributed by atoms with van der Waals surface area (Å²) in [6, 6.07) is 3.48. The van der Waals surface area contributed by atoms with E-state index in [1.807, 2.05) is 0 Å². The van der Waals surface area contributed by atoms with Gasteiger partial charge in [0, 0.05) is 6.20 Å². The van der Waals surface area contributed by atoms with E-state index in [1.54, 1.807) is 25.3 Å². The molecule has 0 atom stereocenters. The molecule has 78 valence electrons. The fourth-order valence-electron chi connectivity index (χ4n) is 1.26. The van der Waals surface area contributed by atoms with Crippen LogP contribution < -0.4 is 0 Å². The second-order valence-corrected chi connectivity index (χ2v) is 3.13. The molecule has 0 bridgehead atoms. The predicted octanol–water partition coefficient (Wildman–Crippen LogP) is 1.56. The molecule has 2 aromatic rings. The standard InChI is InChI=1S/C9H8ClN3O2/c1-2-15-8(14)7-6-4-3-5-13(6)12-9(10)11-7/h3-5H,2H2,1H3. The molecule has 0 unspecified atom stereocenters. The van der Waals surface area contributed by atoms with E-state index in [4.69, 9.17) is 16.3 Å². The van der Waals surface area contributed by atoms with Crippen molar-refractivity contribution in [3.8, 4) is 0 Å². The second-order valence-electron chi connectivity index (χ2n) is 2.79. The van der Waals surface area contributed by atoms with E-state index < -0.39 is 5.97 Å². The molecule has 0 aliphatic carbocycles. The number of rotatable bonds is 2. The zero-order chi connectivity index (χ0) is 10.8. The summed E-state index contributed by atoms with van der Waals surface area (Å²) in [5.74, 6) is -0.495. The highest BCUT2D eigenvalue weighted by Gasteiger charge is 2.15. The number of carbonyl (C=O) groups is 1. The minimum atomic E-state index is -0.495. The van der Waals surface area contributed by atoms with Gasteiger partial charge in [-0.3, -0.25) is 0 Å². The van der Waals surface area contributed by atoms with Gasteiger partial charge >= 0.3 is 5.97 Å². The molecule has 0 aliphatic rings. The van der Waals surface area contributed by atoms with Crippen LogP contribution in [0.1, 0.15) is 17.4 Å². The van der Waals surface area contributed by atoms with E-state index in [0.29, 0.717) is 12.1 Å². The quantitative estimate of drug-likeness (QED) is 0.728. The third-order valence-electron chi connectivity index (χ3n) is 1.83. The number of ether oxygens (including phenoxy) is 1. The number of halogens is 1. The van der Waals surface area contributed by atoms with Crippen LogP contribution in [0.2, 0.25) is 5.28 Å². The van der Waals surface area contributed by atoms with Crippen LogP contribution in [0.3, 0.4) is 0 Å². The Labute approximate surface area is 90.6 Å². The molecule has 2 aromatic heterocycles. The number of carbonyl (C=O) groups excluding carboxylic acids is 1. The molecule has 0 saturated heterocycles. The Kier molecular flexibility index (Phi) is 2.55. The average molecular weight is 226 g/mol. The molecule has 2 rings (SSSR count). The smallest absolute Gasteiger partial charge is 0.359 e. The van der Waals surface area contributed by atoms with Crippen LogP contribution in [0.5, 0.6) is 0 Å². The van der Waals surface area contributed by atoms with Gasteiger partial charge in [-0.1, -0.05) is 0 Å². The lowest BCUT2D eigenvalue weighted by Gasteiger charge is -2.03. The van der Waals surface area contributed by atoms with Gasteiger partial charge in [-0.05, 0) is 30.7 Å². The SMILES string of the molecule is CCOC(=O)c1nc(Cl)nn2cccc12. The molecule has 0 saturated carbocycles. The van der Waals surface area contributed by atoms with Crippen LogP contribution in [0.25, 0.3) is 5.52 Å². The maximum absolute atomic E-state index is 11.5. The van der Waals surface area contributed by atoms with E-state index in [9.17, 15) is 4.79 Å². The van der Waals surface area contributed by atoms with Crippen molar-refractivity contribution in [3.63, 3.8) is 0 Å². The minimum absolute atomic E-state index is 0.0155. The summed E-state index contributed by atoms with van der Waals surface area (Å²) in [5, 5.41) is 3.92. The van der Waals surface area contributed by atoms with E-state index in [1.165, 1.54) is 4.52 Å². The lowest BCUT2D eigenvalue weighted by molar-refractivity contribution is 0.0521. The lowest BCUT2D eigenvalue weighted by Crippen LogP contribution is -2.10. The maximum Gasteiger partial charge on any atom is 0.359 e. The number of esters is 1. The molecule has 0 amide bonds. The van der Waals surface area contributed by atoms with E-state index >= 15 is 0 Å². The molecular formula is C9H8ClN3O2. The summed E-state index contributed by atoms with van der Waals surface area (Å²) in [5.41, 5.74) is 0.764. The van der Waals surface area contributed by atoms with Crippen LogP contribution in [0.4, 0.5) is 0 Å². The van der Waals surface area contributed by atoms with Gasteiger partial charge in [0.2, 0.25) is 5.28 Å². The number of hydrogen-bond acceptors (Lipinski definition) is 4. The summed E-state index contributed by atoms with van der Waals surface area (Å²) in [4.78, 5) is 15.4. The van der Waals surface area contributed by atoms with E-state index in [-0.39, 0.29) is 11.0 Å². The van der Waals surface area contributed by atoms with Crippen LogP contribution in [0, 0.1) is 0 Å². The third kappa shape index (κ3) is 1.78. The molecule has 0 fully saturated rings. The summed E-state index contributed by atoms with van der Waals surface area (Å²) in [6.45, 7) is 2.03. The number of aromatic nitrogens is 3. The summed E-state index contributed by atoms with van der Waals surface area (Å²) in [6.07, 6.45) is 1.69. The Morgan fingerprint density at radius 2 is 2.47 bits per heavy atom. The largest absolute Gasteiger partial charge is 0.461 e. The highest BCUT2D eigenvalue weighted by molar-refractivity contribution is 6.28. The fraction of sp³-hybridized carbons (Fsp3) is 0.222. The van der Waals surface area contributed by atoms with Crippen molar-refractivity contribution in [1.82, 2.24) is 14.6 Å². The molecule has 15 heavy (non-hydrogen) atoms. The van der Waals surface area contributed by atoms with Gasteiger partial charge in [-0.25, -0.2) is 14.3 Å². The van der Waals surface area contributed by atoms with Crippen molar-refractivity contribution in [2.75, 3.05) is 6.61 Å². The predicted molar refractivity (Wildman–Crippen MR) is 54.0 cm³/mol. The molecule has 6 heteroatoms. The Morgan fingerprint density at radius 1 is 1.67 bits per heavy atom. The Morgan fingerprint density at radius 3 is 3.20 bits per heavy atom. The van der Waals surface area contributed by atoms with Crippen LogP contribution in [-0.4, -0.2) is 27.2 Å². The average Bonchev–Trinajstić information content (AvgIpc) is 2.64. The molecule has 0 aliphatic heterocycles. The van der Waals surface area contributed by atoms with Gasteiger partial charge in [0.15, 0.2) is 5.69 Å². The fourth-order valence-corrected chi connectivity index (χ4v) is 1.42. The molecule has 2 heterocycles. The van der Waals surface area contributed by atoms with Gasteiger partial charge in [0.1, 0.15) is 0 Å². The van der Waals surface area contributed by atoms with Crippen molar-refractivity contribution >= 4 is 23.1 Å². The van der Waals surface area contributed by atoms with Crippen LogP contribution in [0.15, 0.2) is 18.3 Å². The zero-order valence-corrected chi connectivity index (χ0v) is 8.73. The van der Waals surface area contributed by atoms with Crippen LogP contribution in [-0.2, 0) is 4.74 Å². The number of hydrogen-bond donors (Lipinski definition) is 0. The highest BCUT2D eigenvalue weighted by atomic mass is 35.5. The van der Waals surface area contributed by atoms with E-state index in [0.717, 1.165) is 0 Å². The van der Waals surface area contributed by atoms with Gasteiger partial charge in [-0.2, -0.15) is 0 Å². The molecule has 0 spiro atoms. The molecule has 0 aromatic carbocycles. The number of nitrogens with zero attached hydrogens (tertiary/aromatic N) is 3. The first-order valence-corrected chi connectivity index (χ1v) is 4.78. The topological polar surface area (TPSA) is 56.5 Å². The zero-order valence-electron chi connectivity index (χ0n) is 7.98. The first-order chi connectivity index (χ1) is 7.22. The Bertz CT molecular complexity index is 509.